The van der Waals surface area contributed by atoms with Crippen LogP contribution in [0.3, 0.4) is 0 Å². The summed E-state index contributed by atoms with van der Waals surface area (Å²) in [5, 5.41) is 9.54. The number of carbonyl (C=O) groups excluding carboxylic acids is 1. The van der Waals surface area contributed by atoms with Gasteiger partial charge in [0.1, 0.15) is 16.1 Å². The number of amides is 1. The quantitative estimate of drug-likeness (QED) is 0.204. The molecule has 0 spiro atoms. The van der Waals surface area contributed by atoms with E-state index in [4.69, 9.17) is 17.0 Å². The second-order valence-corrected chi connectivity index (χ2v) is 10.0. The first-order valence-electron chi connectivity index (χ1n) is 10.7. The van der Waals surface area contributed by atoms with Crippen molar-refractivity contribution in [2.75, 3.05) is 18.6 Å². The molecule has 8 heteroatoms. The number of carboxylic acids is 1. The number of unbranched alkanes of at least 4 members (excludes halogenated alkanes) is 5. The third-order valence-corrected chi connectivity index (χ3v) is 6.93. The van der Waals surface area contributed by atoms with E-state index in [1.54, 1.807) is 17.8 Å². The summed E-state index contributed by atoms with van der Waals surface area (Å²) in [6.45, 7) is 2.92. The highest BCUT2D eigenvalue weighted by molar-refractivity contribution is 8.26. The molecule has 1 amide bonds. The fourth-order valence-corrected chi connectivity index (χ4v) is 5.04. The average molecular weight is 482 g/mol. The van der Waals surface area contributed by atoms with Gasteiger partial charge in [0.05, 0.1) is 11.5 Å². The number of carboxylic acid groups (broad SMARTS) is 1. The molecule has 1 aliphatic rings. The Bertz CT molecular complexity index is 780. The van der Waals surface area contributed by atoms with Gasteiger partial charge in [0.25, 0.3) is 5.91 Å². The van der Waals surface area contributed by atoms with Crippen LogP contribution in [0.25, 0.3) is 6.08 Å². The highest BCUT2D eigenvalue weighted by atomic mass is 32.2. The second-order valence-electron chi connectivity index (χ2n) is 7.37. The normalized spacial score (nSPS) is 16.2. The molecule has 1 aliphatic heterocycles. The molecule has 0 bridgehead atoms. The Labute approximate surface area is 199 Å². The van der Waals surface area contributed by atoms with Crippen LogP contribution in [-0.2, 0) is 9.59 Å². The zero-order valence-corrected chi connectivity index (χ0v) is 20.6. The van der Waals surface area contributed by atoms with Gasteiger partial charge >= 0.3 is 5.97 Å². The minimum atomic E-state index is -1.03. The fourth-order valence-electron chi connectivity index (χ4n) is 3.23. The molecule has 170 valence electrons. The molecule has 5 nitrogen and oxygen atoms in total. The number of rotatable bonds is 14. The van der Waals surface area contributed by atoms with Gasteiger partial charge < -0.3 is 9.84 Å². The van der Waals surface area contributed by atoms with Crippen molar-refractivity contribution in [1.29, 1.82) is 0 Å². The van der Waals surface area contributed by atoms with Crippen LogP contribution < -0.4 is 4.74 Å². The Morgan fingerprint density at radius 1 is 1.23 bits per heavy atom. The Kier molecular flexibility index (Phi) is 11.5. The third kappa shape index (κ3) is 8.16. The summed E-state index contributed by atoms with van der Waals surface area (Å²) in [5.74, 6) is 0.0828. The van der Waals surface area contributed by atoms with E-state index in [2.05, 4.69) is 6.92 Å². The van der Waals surface area contributed by atoms with Crippen LogP contribution in [0, 0.1) is 0 Å². The van der Waals surface area contributed by atoms with Crippen molar-refractivity contribution in [1.82, 2.24) is 4.90 Å². The van der Waals surface area contributed by atoms with Crippen molar-refractivity contribution in [3.05, 3.63) is 34.7 Å². The smallest absolute Gasteiger partial charge is 0.326 e. The Morgan fingerprint density at radius 2 is 1.90 bits per heavy atom. The molecule has 1 N–H and O–H groups in total. The van der Waals surface area contributed by atoms with Crippen LogP contribution >= 0.6 is 35.7 Å². The van der Waals surface area contributed by atoms with Crippen LogP contribution in [0.15, 0.2) is 29.2 Å². The summed E-state index contributed by atoms with van der Waals surface area (Å²) < 4.78 is 6.09. The molecule has 0 aromatic heterocycles. The number of ether oxygens (including phenoxy) is 1. The minimum Gasteiger partial charge on any atom is -0.494 e. The minimum absolute atomic E-state index is 0.295. The van der Waals surface area contributed by atoms with E-state index in [1.807, 2.05) is 30.5 Å². The Morgan fingerprint density at radius 3 is 2.55 bits per heavy atom. The van der Waals surface area contributed by atoms with E-state index >= 15 is 0 Å². The average Bonchev–Trinajstić information content (AvgIpc) is 3.02. The van der Waals surface area contributed by atoms with Crippen LogP contribution in [0.2, 0.25) is 0 Å². The highest BCUT2D eigenvalue weighted by Crippen LogP contribution is 2.35. The lowest BCUT2D eigenvalue weighted by atomic mass is 10.1. The monoisotopic (exact) mass is 481 g/mol. The largest absolute Gasteiger partial charge is 0.494 e. The predicted octanol–water partition coefficient (Wildman–Crippen LogP) is 5.83. The van der Waals surface area contributed by atoms with Gasteiger partial charge in [0, 0.05) is 0 Å². The third-order valence-electron chi connectivity index (χ3n) is 4.96. The van der Waals surface area contributed by atoms with Gasteiger partial charge in [-0.15, -0.1) is 0 Å². The number of benzene rings is 1. The van der Waals surface area contributed by atoms with Gasteiger partial charge in [0.15, 0.2) is 0 Å². The van der Waals surface area contributed by atoms with E-state index in [1.165, 1.54) is 37.0 Å². The van der Waals surface area contributed by atoms with E-state index < -0.39 is 12.0 Å². The lowest BCUT2D eigenvalue weighted by molar-refractivity contribution is -0.145. The predicted molar refractivity (Wildman–Crippen MR) is 135 cm³/mol. The number of carbonyl (C=O) groups is 2. The molecular formula is C23H31NO4S3. The molecule has 31 heavy (non-hydrogen) atoms. The van der Waals surface area contributed by atoms with E-state index in [9.17, 15) is 14.7 Å². The first-order chi connectivity index (χ1) is 15.0. The highest BCUT2D eigenvalue weighted by Gasteiger charge is 2.40. The zero-order valence-electron chi connectivity index (χ0n) is 18.2. The Balaban J connectivity index is 1.92. The number of nitrogens with zero attached hydrogens (tertiary/aromatic N) is 1. The molecule has 0 unspecified atom stereocenters. The van der Waals surface area contributed by atoms with E-state index in [0.717, 1.165) is 29.5 Å². The first kappa shape index (κ1) is 25.7. The fraction of sp³-hybridized carbons (Fsp3) is 0.522. The van der Waals surface area contributed by atoms with Gasteiger partial charge in [-0.3, -0.25) is 9.69 Å². The molecule has 2 rings (SSSR count). The molecule has 1 fully saturated rings. The number of thioether (sulfide) groups is 2. The lowest BCUT2D eigenvalue weighted by Gasteiger charge is -2.22. The maximum Gasteiger partial charge on any atom is 0.326 e. The van der Waals surface area contributed by atoms with Gasteiger partial charge in [-0.05, 0) is 48.6 Å². The first-order valence-corrected chi connectivity index (χ1v) is 13.3. The summed E-state index contributed by atoms with van der Waals surface area (Å²) in [6.07, 6.45) is 11.4. The summed E-state index contributed by atoms with van der Waals surface area (Å²) in [6, 6.07) is 6.64. The topological polar surface area (TPSA) is 66.8 Å². The summed E-state index contributed by atoms with van der Waals surface area (Å²) in [5.41, 5.74) is 0.850. The number of hydrogen-bond acceptors (Lipinski definition) is 6. The maximum absolute atomic E-state index is 12.8. The molecular weight excluding hydrogens is 450 g/mol. The van der Waals surface area contributed by atoms with Crippen LogP contribution in [-0.4, -0.2) is 50.9 Å². The number of aliphatic carboxylic acids is 1. The maximum atomic E-state index is 12.8. The molecule has 0 aliphatic carbocycles. The van der Waals surface area contributed by atoms with Crippen LogP contribution in [0.5, 0.6) is 5.75 Å². The number of thiocarbonyl (C=S) groups is 1. The van der Waals surface area contributed by atoms with Gasteiger partial charge in [-0.2, -0.15) is 11.8 Å². The van der Waals surface area contributed by atoms with Crippen LogP contribution in [0.4, 0.5) is 0 Å². The SMILES string of the molecule is CCCCCCCCOc1ccc(/C=C2\SC(=S)N([C@@H](CCSC)C(=O)O)C2=O)cc1. The van der Waals surface area contributed by atoms with Gasteiger partial charge in [0.2, 0.25) is 0 Å². The molecule has 1 aromatic carbocycles. The van der Waals surface area contributed by atoms with Crippen molar-refractivity contribution < 1.29 is 19.4 Å². The lowest BCUT2D eigenvalue weighted by Crippen LogP contribution is -2.44. The summed E-state index contributed by atoms with van der Waals surface area (Å²) >= 11 is 8.01. The molecule has 0 saturated carbocycles. The zero-order chi connectivity index (χ0) is 22.6. The van der Waals surface area contributed by atoms with Gasteiger partial charge in [-0.25, -0.2) is 4.79 Å². The van der Waals surface area contributed by atoms with Crippen LogP contribution in [0.1, 0.15) is 57.4 Å². The summed E-state index contributed by atoms with van der Waals surface area (Å²) in [4.78, 5) is 26.2. The molecule has 1 aromatic rings. The molecule has 1 saturated heterocycles. The van der Waals surface area contributed by atoms with E-state index in [-0.39, 0.29) is 5.91 Å². The van der Waals surface area contributed by atoms with E-state index in [0.29, 0.717) is 28.0 Å². The van der Waals surface area contributed by atoms with Crippen molar-refractivity contribution in [2.24, 2.45) is 0 Å². The molecule has 0 radical (unpaired) electrons. The molecule has 1 atom stereocenters. The van der Waals surface area contributed by atoms with Gasteiger partial charge in [-0.1, -0.05) is 75.1 Å². The van der Waals surface area contributed by atoms with Crippen molar-refractivity contribution >= 4 is 58.0 Å². The Hall–Kier alpha value is -1.51. The molecule has 1 heterocycles. The van der Waals surface area contributed by atoms with Crippen molar-refractivity contribution in [2.45, 2.75) is 57.9 Å². The standard InChI is InChI=1S/C23H31NO4S3/c1-3-4-5-6-7-8-14-28-18-11-9-17(10-12-18)16-20-21(25)24(23(29)31-20)19(22(26)27)13-15-30-2/h9-12,16,19H,3-8,13-15H2,1-2H3,(H,26,27)/b20-16-/t19-/m0/s1. The summed E-state index contributed by atoms with van der Waals surface area (Å²) in [7, 11) is 0. The number of hydrogen-bond donors (Lipinski definition) is 1. The van der Waals surface area contributed by atoms with Crippen molar-refractivity contribution in [3.8, 4) is 5.75 Å². The van der Waals surface area contributed by atoms with Crippen molar-refractivity contribution in [3.63, 3.8) is 0 Å². The second kappa shape index (κ2) is 13.8.